The maximum Gasteiger partial charge on any atom is 0.222 e. The molecule has 7 nitrogen and oxygen atoms in total. The molecule has 1 amide bonds. The number of anilines is 1. The molecule has 5 rings (SSSR count). The van der Waals surface area contributed by atoms with Crippen LogP contribution in [0.2, 0.25) is 0 Å². The number of hydrogen-bond donors (Lipinski definition) is 0. The van der Waals surface area contributed by atoms with E-state index in [4.69, 9.17) is 15.1 Å². The molecule has 0 atom stereocenters. The van der Waals surface area contributed by atoms with Gasteiger partial charge in [0.15, 0.2) is 5.65 Å². The molecule has 8 heteroatoms. The molecule has 1 aliphatic rings. The molecule has 0 saturated carbocycles. The van der Waals surface area contributed by atoms with E-state index in [1.807, 2.05) is 30.0 Å². The molecule has 1 saturated heterocycles. The molecule has 192 valence electrons. The van der Waals surface area contributed by atoms with Gasteiger partial charge in [0, 0.05) is 39.0 Å². The number of halogens is 1. The minimum Gasteiger partial charge on any atom is -0.354 e. The van der Waals surface area contributed by atoms with E-state index in [-0.39, 0.29) is 11.7 Å². The largest absolute Gasteiger partial charge is 0.354 e. The van der Waals surface area contributed by atoms with E-state index in [1.54, 1.807) is 16.8 Å². The molecule has 0 aliphatic carbocycles. The number of benzene rings is 2. The predicted molar refractivity (Wildman–Crippen MR) is 144 cm³/mol. The number of aryl methyl sites for hydroxylation is 1. The van der Waals surface area contributed by atoms with Gasteiger partial charge in [-0.25, -0.2) is 19.0 Å². The Kier molecular flexibility index (Phi) is 7.44. The lowest BCUT2D eigenvalue weighted by Gasteiger charge is -2.24. The Labute approximate surface area is 216 Å². The normalized spacial score (nSPS) is 14.2. The van der Waals surface area contributed by atoms with Crippen LogP contribution in [0.25, 0.3) is 16.7 Å². The quantitative estimate of drug-likeness (QED) is 0.354. The Bertz CT molecular complexity index is 1370. The fraction of sp³-hybridized carbons (Fsp3) is 0.379. The zero-order valence-electron chi connectivity index (χ0n) is 21.5. The van der Waals surface area contributed by atoms with Crippen LogP contribution in [0.1, 0.15) is 49.7 Å². The van der Waals surface area contributed by atoms with E-state index in [2.05, 4.69) is 24.0 Å². The Morgan fingerprint density at radius 3 is 2.51 bits per heavy atom. The number of hydrogen-bond acceptors (Lipinski definition) is 5. The maximum atomic E-state index is 13.6. The van der Waals surface area contributed by atoms with E-state index in [0.717, 1.165) is 60.5 Å². The van der Waals surface area contributed by atoms with Gasteiger partial charge in [0.2, 0.25) is 5.91 Å². The smallest absolute Gasteiger partial charge is 0.222 e. The molecule has 0 bridgehead atoms. The number of carbonyl (C=O) groups excluding carboxylic acids is 1. The zero-order chi connectivity index (χ0) is 25.8. The van der Waals surface area contributed by atoms with Gasteiger partial charge in [0.1, 0.15) is 17.5 Å². The first kappa shape index (κ1) is 24.9. The first-order chi connectivity index (χ1) is 18.0. The van der Waals surface area contributed by atoms with Gasteiger partial charge in [0.25, 0.3) is 0 Å². The van der Waals surface area contributed by atoms with Crippen LogP contribution in [0, 0.1) is 12.7 Å². The van der Waals surface area contributed by atoms with Crippen LogP contribution in [-0.2, 0) is 11.2 Å². The fourth-order valence-corrected chi connectivity index (χ4v) is 4.92. The van der Waals surface area contributed by atoms with Crippen molar-refractivity contribution in [3.63, 3.8) is 0 Å². The monoisotopic (exact) mass is 500 g/mol. The standard InChI is InChI=1S/C29H33FN6O/c1-3-4-11-26(37)34-16-8-17-35(19-18-34)28-27-21(2)33-36(24-14-12-23(30)13-15-24)29(27)32-25(31-28)20-22-9-6-5-7-10-22/h5-7,9-10,12-15H,3-4,8,11,16-20H2,1-2H3. The molecule has 4 aromatic rings. The molecule has 1 fully saturated rings. The van der Waals surface area contributed by atoms with Crippen LogP contribution in [0.3, 0.4) is 0 Å². The third-order valence-corrected chi connectivity index (χ3v) is 6.90. The van der Waals surface area contributed by atoms with Gasteiger partial charge in [-0.15, -0.1) is 0 Å². The minimum atomic E-state index is -0.292. The third-order valence-electron chi connectivity index (χ3n) is 6.90. The summed E-state index contributed by atoms with van der Waals surface area (Å²) in [5.41, 5.74) is 3.40. The minimum absolute atomic E-state index is 0.238. The fourth-order valence-electron chi connectivity index (χ4n) is 4.92. The van der Waals surface area contributed by atoms with Gasteiger partial charge in [-0.3, -0.25) is 4.79 Å². The van der Waals surface area contributed by atoms with Gasteiger partial charge >= 0.3 is 0 Å². The SMILES string of the molecule is CCCCC(=O)N1CCCN(c2nc(Cc3ccccc3)nc3c2c(C)nn3-c2ccc(F)cc2)CC1. The summed E-state index contributed by atoms with van der Waals surface area (Å²) in [4.78, 5) is 27.0. The highest BCUT2D eigenvalue weighted by atomic mass is 19.1. The van der Waals surface area contributed by atoms with Gasteiger partial charge in [-0.1, -0.05) is 43.7 Å². The number of amides is 1. The number of fused-ring (bicyclic) bond motifs is 1. The van der Waals surface area contributed by atoms with Crippen molar-refractivity contribution in [2.75, 3.05) is 31.1 Å². The molecule has 3 heterocycles. The van der Waals surface area contributed by atoms with Crippen molar-refractivity contribution < 1.29 is 9.18 Å². The highest BCUT2D eigenvalue weighted by Crippen LogP contribution is 2.30. The van der Waals surface area contributed by atoms with Gasteiger partial charge < -0.3 is 9.80 Å². The molecule has 0 spiro atoms. The van der Waals surface area contributed by atoms with Crippen LogP contribution < -0.4 is 4.90 Å². The van der Waals surface area contributed by atoms with E-state index in [0.29, 0.717) is 37.4 Å². The van der Waals surface area contributed by atoms with Crippen molar-refractivity contribution in [1.82, 2.24) is 24.6 Å². The van der Waals surface area contributed by atoms with Crippen LogP contribution in [0.5, 0.6) is 0 Å². The molecule has 37 heavy (non-hydrogen) atoms. The molecule has 2 aromatic carbocycles. The average molecular weight is 501 g/mol. The van der Waals surface area contributed by atoms with E-state index >= 15 is 0 Å². The number of unbranched alkanes of at least 4 members (excludes halogenated alkanes) is 1. The van der Waals surface area contributed by atoms with Crippen molar-refractivity contribution >= 4 is 22.8 Å². The van der Waals surface area contributed by atoms with E-state index in [1.165, 1.54) is 12.1 Å². The molecule has 0 N–H and O–H groups in total. The second kappa shape index (κ2) is 11.1. The Hall–Kier alpha value is -3.81. The maximum absolute atomic E-state index is 13.6. The van der Waals surface area contributed by atoms with Crippen LogP contribution in [-0.4, -0.2) is 56.7 Å². The predicted octanol–water partition coefficient (Wildman–Crippen LogP) is 5.08. The number of rotatable bonds is 7. The Morgan fingerprint density at radius 1 is 0.973 bits per heavy atom. The summed E-state index contributed by atoms with van der Waals surface area (Å²) in [6.07, 6.45) is 4.02. The summed E-state index contributed by atoms with van der Waals surface area (Å²) in [5, 5.41) is 5.69. The number of carbonyl (C=O) groups is 1. The van der Waals surface area contributed by atoms with Gasteiger partial charge in [0.05, 0.1) is 16.8 Å². The van der Waals surface area contributed by atoms with E-state index in [9.17, 15) is 9.18 Å². The first-order valence-corrected chi connectivity index (χ1v) is 13.1. The second-order valence-corrected chi connectivity index (χ2v) is 9.62. The molecule has 0 unspecified atom stereocenters. The molecule has 0 radical (unpaired) electrons. The third kappa shape index (κ3) is 5.48. The summed E-state index contributed by atoms with van der Waals surface area (Å²) in [7, 11) is 0. The van der Waals surface area contributed by atoms with Gasteiger partial charge in [-0.2, -0.15) is 5.10 Å². The summed E-state index contributed by atoms with van der Waals surface area (Å²) in [5.74, 6) is 1.50. The zero-order valence-corrected chi connectivity index (χ0v) is 21.5. The lowest BCUT2D eigenvalue weighted by molar-refractivity contribution is -0.131. The topological polar surface area (TPSA) is 67.2 Å². The highest BCUT2D eigenvalue weighted by Gasteiger charge is 2.25. The Balaban J connectivity index is 1.55. The van der Waals surface area contributed by atoms with Crippen molar-refractivity contribution in [2.24, 2.45) is 0 Å². The summed E-state index contributed by atoms with van der Waals surface area (Å²) < 4.78 is 15.4. The summed E-state index contributed by atoms with van der Waals surface area (Å²) in [6.45, 7) is 7.01. The molecular weight excluding hydrogens is 467 g/mol. The molecular formula is C29H33FN6O. The highest BCUT2D eigenvalue weighted by molar-refractivity contribution is 5.91. The Morgan fingerprint density at radius 2 is 1.76 bits per heavy atom. The second-order valence-electron chi connectivity index (χ2n) is 9.62. The summed E-state index contributed by atoms with van der Waals surface area (Å²) in [6, 6.07) is 16.5. The van der Waals surface area contributed by atoms with Crippen LogP contribution in [0.15, 0.2) is 54.6 Å². The van der Waals surface area contributed by atoms with E-state index < -0.39 is 0 Å². The molecule has 1 aliphatic heterocycles. The van der Waals surface area contributed by atoms with Crippen molar-refractivity contribution in [3.05, 3.63) is 77.5 Å². The molecule has 2 aromatic heterocycles. The number of nitrogens with zero attached hydrogens (tertiary/aromatic N) is 6. The lowest BCUT2D eigenvalue weighted by Crippen LogP contribution is -2.35. The first-order valence-electron chi connectivity index (χ1n) is 13.1. The van der Waals surface area contributed by atoms with Crippen molar-refractivity contribution in [1.29, 1.82) is 0 Å². The van der Waals surface area contributed by atoms with Crippen molar-refractivity contribution in [3.8, 4) is 5.69 Å². The average Bonchev–Trinajstić information content (AvgIpc) is 3.07. The summed E-state index contributed by atoms with van der Waals surface area (Å²) >= 11 is 0. The lowest BCUT2D eigenvalue weighted by atomic mass is 10.1. The van der Waals surface area contributed by atoms with Crippen LogP contribution >= 0.6 is 0 Å². The number of aromatic nitrogens is 4. The van der Waals surface area contributed by atoms with Crippen molar-refractivity contribution in [2.45, 2.75) is 46.0 Å². The van der Waals surface area contributed by atoms with Gasteiger partial charge in [-0.05, 0) is 49.6 Å². The van der Waals surface area contributed by atoms with Crippen LogP contribution in [0.4, 0.5) is 10.2 Å².